The second-order valence-electron chi connectivity index (χ2n) is 6.14. The molecular weight excluding hydrogens is 264 g/mol. The third kappa shape index (κ3) is 2.94. The number of anilines is 1. The first-order valence-electron chi connectivity index (χ1n) is 7.52. The van der Waals surface area contributed by atoms with Crippen molar-refractivity contribution in [3.05, 3.63) is 29.3 Å². The van der Waals surface area contributed by atoms with Gasteiger partial charge in [-0.15, -0.1) is 0 Å². The van der Waals surface area contributed by atoms with Gasteiger partial charge in [0.2, 0.25) is 11.8 Å². The smallest absolute Gasteiger partial charge is 0.249 e. The third-order valence-corrected chi connectivity index (χ3v) is 4.08. The molecule has 0 saturated carbocycles. The number of amides is 2. The van der Waals surface area contributed by atoms with Crippen LogP contribution in [0, 0.1) is 19.8 Å². The van der Waals surface area contributed by atoms with Crippen molar-refractivity contribution in [2.45, 2.75) is 40.7 Å². The molecule has 114 valence electrons. The summed E-state index contributed by atoms with van der Waals surface area (Å²) in [5.41, 5.74) is 3.23. The Bertz CT molecular complexity index is 566. The number of rotatable bonds is 2. The monoisotopic (exact) mass is 288 g/mol. The van der Waals surface area contributed by atoms with Crippen molar-refractivity contribution >= 4 is 17.5 Å². The van der Waals surface area contributed by atoms with Crippen LogP contribution in [0.2, 0.25) is 0 Å². The molecule has 1 aromatic carbocycles. The number of benzene rings is 1. The molecule has 0 bridgehead atoms. The lowest BCUT2D eigenvalue weighted by molar-refractivity contribution is -0.143. The van der Waals surface area contributed by atoms with Gasteiger partial charge in [-0.3, -0.25) is 9.59 Å². The van der Waals surface area contributed by atoms with Gasteiger partial charge in [-0.05, 0) is 32.4 Å². The molecule has 1 atom stereocenters. The van der Waals surface area contributed by atoms with E-state index in [4.69, 9.17) is 0 Å². The summed E-state index contributed by atoms with van der Waals surface area (Å²) < 4.78 is 0. The standard InChI is InChI=1S/C17H24N2O2/c1-11(2)16(20)18-8-9-19(17(21)14(18)5)15-7-6-12(3)10-13(15)4/h6-7,10-11,14H,8-9H2,1-5H3/t14-/m1/s1. The Kier molecular flexibility index (Phi) is 4.35. The van der Waals surface area contributed by atoms with Crippen LogP contribution in [0.3, 0.4) is 0 Å². The van der Waals surface area contributed by atoms with Crippen LogP contribution in [-0.2, 0) is 9.59 Å². The number of nitrogens with zero attached hydrogens (tertiary/aromatic N) is 2. The van der Waals surface area contributed by atoms with Crippen LogP contribution < -0.4 is 4.90 Å². The maximum atomic E-state index is 12.6. The average Bonchev–Trinajstić information content (AvgIpc) is 2.42. The Morgan fingerprint density at radius 3 is 2.48 bits per heavy atom. The van der Waals surface area contributed by atoms with E-state index in [2.05, 4.69) is 6.07 Å². The number of piperazine rings is 1. The van der Waals surface area contributed by atoms with Gasteiger partial charge in [0, 0.05) is 24.7 Å². The summed E-state index contributed by atoms with van der Waals surface area (Å²) in [4.78, 5) is 28.3. The lowest BCUT2D eigenvalue weighted by Crippen LogP contribution is -2.58. The van der Waals surface area contributed by atoms with E-state index < -0.39 is 6.04 Å². The van der Waals surface area contributed by atoms with Crippen molar-refractivity contribution in [2.24, 2.45) is 5.92 Å². The summed E-state index contributed by atoms with van der Waals surface area (Å²) in [5, 5.41) is 0. The van der Waals surface area contributed by atoms with E-state index >= 15 is 0 Å². The Hall–Kier alpha value is -1.84. The summed E-state index contributed by atoms with van der Waals surface area (Å²) in [6.07, 6.45) is 0. The third-order valence-electron chi connectivity index (χ3n) is 4.08. The molecule has 1 saturated heterocycles. The van der Waals surface area contributed by atoms with Gasteiger partial charge in [0.05, 0.1) is 0 Å². The van der Waals surface area contributed by atoms with E-state index in [1.54, 1.807) is 4.90 Å². The van der Waals surface area contributed by atoms with Crippen molar-refractivity contribution < 1.29 is 9.59 Å². The predicted molar refractivity (Wildman–Crippen MR) is 84.3 cm³/mol. The highest BCUT2D eigenvalue weighted by molar-refractivity contribution is 6.00. The molecule has 0 aliphatic carbocycles. The number of hydrogen-bond acceptors (Lipinski definition) is 2. The largest absolute Gasteiger partial charge is 0.329 e. The lowest BCUT2D eigenvalue weighted by Gasteiger charge is -2.40. The molecule has 1 fully saturated rings. The van der Waals surface area contributed by atoms with Crippen LogP contribution >= 0.6 is 0 Å². The Balaban J connectivity index is 2.23. The SMILES string of the molecule is Cc1ccc(N2CCN(C(=O)C(C)C)[C@H](C)C2=O)c(C)c1. The van der Waals surface area contributed by atoms with E-state index in [1.165, 1.54) is 5.56 Å². The van der Waals surface area contributed by atoms with Gasteiger partial charge < -0.3 is 9.80 Å². The molecule has 0 aromatic heterocycles. The number of aryl methyl sites for hydroxylation is 2. The molecule has 0 unspecified atom stereocenters. The highest BCUT2D eigenvalue weighted by Crippen LogP contribution is 2.25. The van der Waals surface area contributed by atoms with Crippen LogP contribution in [0.25, 0.3) is 0 Å². The number of carbonyl (C=O) groups excluding carboxylic acids is 2. The highest BCUT2D eigenvalue weighted by atomic mass is 16.2. The zero-order valence-electron chi connectivity index (χ0n) is 13.5. The Morgan fingerprint density at radius 1 is 1.24 bits per heavy atom. The maximum absolute atomic E-state index is 12.6. The number of hydrogen-bond donors (Lipinski definition) is 0. The zero-order valence-corrected chi connectivity index (χ0v) is 13.5. The maximum Gasteiger partial charge on any atom is 0.249 e. The predicted octanol–water partition coefficient (Wildman–Crippen LogP) is 2.52. The molecule has 0 spiro atoms. The van der Waals surface area contributed by atoms with Crippen molar-refractivity contribution in [1.82, 2.24) is 4.90 Å². The molecule has 1 heterocycles. The molecule has 2 rings (SSSR count). The van der Waals surface area contributed by atoms with Crippen LogP contribution in [0.1, 0.15) is 31.9 Å². The van der Waals surface area contributed by atoms with Crippen molar-refractivity contribution in [3.8, 4) is 0 Å². The molecular formula is C17H24N2O2. The van der Waals surface area contributed by atoms with E-state index in [9.17, 15) is 9.59 Å². The Morgan fingerprint density at radius 2 is 1.90 bits per heavy atom. The summed E-state index contributed by atoms with van der Waals surface area (Å²) >= 11 is 0. The first-order valence-corrected chi connectivity index (χ1v) is 7.52. The lowest BCUT2D eigenvalue weighted by atomic mass is 10.1. The second-order valence-corrected chi connectivity index (χ2v) is 6.14. The van der Waals surface area contributed by atoms with Gasteiger partial charge in [-0.2, -0.15) is 0 Å². The number of carbonyl (C=O) groups is 2. The highest BCUT2D eigenvalue weighted by Gasteiger charge is 2.35. The summed E-state index contributed by atoms with van der Waals surface area (Å²) in [7, 11) is 0. The molecule has 2 amide bonds. The van der Waals surface area contributed by atoms with Gasteiger partial charge in [-0.25, -0.2) is 0 Å². The fourth-order valence-corrected chi connectivity index (χ4v) is 2.85. The van der Waals surface area contributed by atoms with Crippen molar-refractivity contribution in [1.29, 1.82) is 0 Å². The summed E-state index contributed by atoms with van der Waals surface area (Å²) in [5.74, 6) is -0.0220. The molecule has 4 nitrogen and oxygen atoms in total. The van der Waals surface area contributed by atoms with Crippen LogP contribution in [0.5, 0.6) is 0 Å². The molecule has 1 aromatic rings. The van der Waals surface area contributed by atoms with Gasteiger partial charge >= 0.3 is 0 Å². The van der Waals surface area contributed by atoms with Gasteiger partial charge in [-0.1, -0.05) is 31.5 Å². The van der Waals surface area contributed by atoms with E-state index in [0.29, 0.717) is 13.1 Å². The fraction of sp³-hybridized carbons (Fsp3) is 0.529. The van der Waals surface area contributed by atoms with Crippen molar-refractivity contribution in [3.63, 3.8) is 0 Å². The second kappa shape index (κ2) is 5.88. The summed E-state index contributed by atoms with van der Waals surface area (Å²) in [6.45, 7) is 10.8. The van der Waals surface area contributed by atoms with E-state index in [0.717, 1.165) is 11.3 Å². The van der Waals surface area contributed by atoms with Gasteiger partial charge in [0.1, 0.15) is 6.04 Å². The summed E-state index contributed by atoms with van der Waals surface area (Å²) in [6, 6.07) is 5.70. The van der Waals surface area contributed by atoms with Crippen LogP contribution in [0.4, 0.5) is 5.69 Å². The average molecular weight is 288 g/mol. The van der Waals surface area contributed by atoms with Gasteiger partial charge in [0.25, 0.3) is 0 Å². The van der Waals surface area contributed by atoms with E-state index in [-0.39, 0.29) is 17.7 Å². The quantitative estimate of drug-likeness (QED) is 0.839. The first-order chi connectivity index (χ1) is 9.82. The molecule has 21 heavy (non-hydrogen) atoms. The van der Waals surface area contributed by atoms with Crippen molar-refractivity contribution in [2.75, 3.05) is 18.0 Å². The molecule has 4 heteroatoms. The molecule has 0 radical (unpaired) electrons. The fourth-order valence-electron chi connectivity index (χ4n) is 2.85. The van der Waals surface area contributed by atoms with E-state index in [1.807, 2.05) is 51.7 Å². The molecule has 1 aliphatic heterocycles. The zero-order chi connectivity index (χ0) is 15.7. The first kappa shape index (κ1) is 15.5. The van der Waals surface area contributed by atoms with Gasteiger partial charge in [0.15, 0.2) is 0 Å². The minimum absolute atomic E-state index is 0.00204. The molecule has 0 N–H and O–H groups in total. The minimum Gasteiger partial charge on any atom is -0.329 e. The topological polar surface area (TPSA) is 40.6 Å². The normalized spacial score (nSPS) is 19.3. The van der Waals surface area contributed by atoms with Crippen LogP contribution in [-0.4, -0.2) is 35.8 Å². The molecule has 1 aliphatic rings. The Labute approximate surface area is 126 Å². The van der Waals surface area contributed by atoms with Crippen LogP contribution in [0.15, 0.2) is 18.2 Å². The minimum atomic E-state index is -0.394.